The van der Waals surface area contributed by atoms with E-state index in [1.807, 2.05) is 13.0 Å². The van der Waals surface area contributed by atoms with Crippen LogP contribution in [0.1, 0.15) is 64.2 Å². The third-order valence-electron chi connectivity index (χ3n) is 4.77. The highest BCUT2D eigenvalue weighted by Crippen LogP contribution is 2.47. The van der Waals surface area contributed by atoms with E-state index in [0.29, 0.717) is 0 Å². The number of rotatable bonds is 5. The second-order valence-electron chi connectivity index (χ2n) is 5.97. The van der Waals surface area contributed by atoms with Crippen LogP contribution in [0.5, 0.6) is 0 Å². The lowest BCUT2D eigenvalue weighted by Crippen LogP contribution is -2.33. The molecule has 1 aromatic rings. The van der Waals surface area contributed by atoms with Gasteiger partial charge in [0.25, 0.3) is 0 Å². The van der Waals surface area contributed by atoms with Crippen molar-refractivity contribution in [2.24, 2.45) is 11.3 Å². The summed E-state index contributed by atoms with van der Waals surface area (Å²) in [4.78, 5) is 0. The predicted octanol–water partition coefficient (Wildman–Crippen LogP) is 3.44. The summed E-state index contributed by atoms with van der Waals surface area (Å²) < 4.78 is 1.79. The van der Waals surface area contributed by atoms with Gasteiger partial charge in [-0.2, -0.15) is 10.4 Å². The quantitative estimate of drug-likeness (QED) is 0.895. The molecule has 1 unspecified atom stereocenters. The molecule has 0 bridgehead atoms. The predicted molar refractivity (Wildman–Crippen MR) is 77.8 cm³/mol. The molecule has 1 fully saturated rings. The normalized spacial score (nSPS) is 28.0. The maximum absolute atomic E-state index is 10.7. The van der Waals surface area contributed by atoms with Gasteiger partial charge in [-0.1, -0.05) is 19.8 Å². The summed E-state index contributed by atoms with van der Waals surface area (Å²) in [5.74, 6) is 0.727. The van der Waals surface area contributed by atoms with Crippen molar-refractivity contribution in [2.75, 3.05) is 0 Å². The zero-order valence-electron chi connectivity index (χ0n) is 12.5. The van der Waals surface area contributed by atoms with Gasteiger partial charge in [0, 0.05) is 12.7 Å². The Kier molecular flexibility index (Phi) is 4.82. The van der Waals surface area contributed by atoms with Crippen LogP contribution in [0.2, 0.25) is 0 Å². The largest absolute Gasteiger partial charge is 0.385 e. The average molecular weight is 275 g/mol. The van der Waals surface area contributed by atoms with Gasteiger partial charge in [0.05, 0.1) is 17.2 Å². The molecule has 1 aliphatic carbocycles. The maximum Gasteiger partial charge on any atom is 0.114 e. The molecule has 1 N–H and O–H groups in total. The minimum absolute atomic E-state index is 0.628. The Morgan fingerprint density at radius 1 is 1.50 bits per heavy atom. The van der Waals surface area contributed by atoms with Gasteiger partial charge in [-0.15, -0.1) is 0 Å². The van der Waals surface area contributed by atoms with Gasteiger partial charge in [0.2, 0.25) is 0 Å². The SMILES string of the molecule is CCCC1CCC(C#N)(C(O)c2ccnn2CC)CC1. The van der Waals surface area contributed by atoms with Crippen molar-refractivity contribution in [3.05, 3.63) is 18.0 Å². The summed E-state index contributed by atoms with van der Waals surface area (Å²) in [6.07, 6.45) is 7.12. The van der Waals surface area contributed by atoms with Crippen LogP contribution in [0, 0.1) is 22.7 Å². The fourth-order valence-corrected chi connectivity index (χ4v) is 3.46. The highest BCUT2D eigenvalue weighted by atomic mass is 16.3. The lowest BCUT2D eigenvalue weighted by atomic mass is 9.67. The average Bonchev–Trinajstić information content (AvgIpc) is 2.96. The molecule has 0 radical (unpaired) electrons. The standard InChI is InChI=1S/C16H25N3O/c1-3-5-13-6-9-16(12-17,10-7-13)15(20)14-8-11-18-19(14)4-2/h8,11,13,15,20H,3-7,9-10H2,1-2H3. The summed E-state index contributed by atoms with van der Waals surface area (Å²) in [6.45, 7) is 4.93. The molecule has 1 heterocycles. The molecule has 0 amide bonds. The summed E-state index contributed by atoms with van der Waals surface area (Å²) in [5, 5.41) is 24.6. The Hall–Kier alpha value is -1.34. The van der Waals surface area contributed by atoms with Crippen LogP contribution in [0.3, 0.4) is 0 Å². The second-order valence-corrected chi connectivity index (χ2v) is 5.97. The van der Waals surface area contributed by atoms with Crippen LogP contribution >= 0.6 is 0 Å². The van der Waals surface area contributed by atoms with Crippen molar-refractivity contribution in [1.29, 1.82) is 5.26 Å². The van der Waals surface area contributed by atoms with Crippen molar-refractivity contribution in [3.63, 3.8) is 0 Å². The van der Waals surface area contributed by atoms with Gasteiger partial charge < -0.3 is 5.11 Å². The van der Waals surface area contributed by atoms with E-state index in [2.05, 4.69) is 18.1 Å². The molecular weight excluding hydrogens is 250 g/mol. The van der Waals surface area contributed by atoms with Gasteiger partial charge in [-0.05, 0) is 44.6 Å². The summed E-state index contributed by atoms with van der Waals surface area (Å²) >= 11 is 0. The van der Waals surface area contributed by atoms with E-state index in [1.165, 1.54) is 12.8 Å². The number of aliphatic hydroxyl groups excluding tert-OH is 1. The van der Waals surface area contributed by atoms with Gasteiger partial charge >= 0.3 is 0 Å². The first-order chi connectivity index (χ1) is 9.66. The van der Waals surface area contributed by atoms with Crippen LogP contribution in [0.25, 0.3) is 0 Å². The minimum atomic E-state index is -0.725. The number of nitriles is 1. The smallest absolute Gasteiger partial charge is 0.114 e. The van der Waals surface area contributed by atoms with Crippen molar-refractivity contribution in [3.8, 4) is 6.07 Å². The molecule has 110 valence electrons. The lowest BCUT2D eigenvalue weighted by molar-refractivity contribution is 0.0177. The fourth-order valence-electron chi connectivity index (χ4n) is 3.46. The zero-order chi connectivity index (χ0) is 14.6. The molecule has 2 rings (SSSR count). The van der Waals surface area contributed by atoms with Crippen LogP contribution in [0.4, 0.5) is 0 Å². The Labute approximate surface area is 121 Å². The number of nitrogens with zero attached hydrogens (tertiary/aromatic N) is 3. The first-order valence-electron chi connectivity index (χ1n) is 7.78. The molecular formula is C16H25N3O. The Balaban J connectivity index is 2.15. The summed E-state index contributed by atoms with van der Waals surface area (Å²) in [5.41, 5.74) is 0.153. The summed E-state index contributed by atoms with van der Waals surface area (Å²) in [7, 11) is 0. The van der Waals surface area contributed by atoms with E-state index in [9.17, 15) is 10.4 Å². The molecule has 20 heavy (non-hydrogen) atoms. The van der Waals surface area contributed by atoms with Crippen LogP contribution in [-0.2, 0) is 6.54 Å². The topological polar surface area (TPSA) is 61.8 Å². The van der Waals surface area contributed by atoms with Gasteiger partial charge in [0.1, 0.15) is 6.10 Å². The molecule has 1 aromatic heterocycles. The van der Waals surface area contributed by atoms with E-state index >= 15 is 0 Å². The third kappa shape index (κ3) is 2.73. The molecule has 0 spiro atoms. The lowest BCUT2D eigenvalue weighted by Gasteiger charge is -2.38. The Morgan fingerprint density at radius 2 is 2.20 bits per heavy atom. The molecule has 1 saturated carbocycles. The van der Waals surface area contributed by atoms with Gasteiger partial charge in [0.15, 0.2) is 0 Å². The van der Waals surface area contributed by atoms with Crippen LogP contribution in [0.15, 0.2) is 12.3 Å². The van der Waals surface area contributed by atoms with Crippen LogP contribution in [-0.4, -0.2) is 14.9 Å². The first-order valence-corrected chi connectivity index (χ1v) is 7.78. The molecule has 0 aliphatic heterocycles. The van der Waals surface area contributed by atoms with E-state index < -0.39 is 11.5 Å². The van der Waals surface area contributed by atoms with E-state index in [1.54, 1.807) is 10.9 Å². The number of hydrogen-bond acceptors (Lipinski definition) is 3. The Bertz CT molecular complexity index is 466. The van der Waals surface area contributed by atoms with Crippen molar-refractivity contribution in [2.45, 2.75) is 65.0 Å². The van der Waals surface area contributed by atoms with Crippen molar-refractivity contribution in [1.82, 2.24) is 9.78 Å². The molecule has 1 aliphatic rings. The zero-order valence-corrected chi connectivity index (χ0v) is 12.5. The molecule has 4 nitrogen and oxygen atoms in total. The monoisotopic (exact) mass is 275 g/mol. The van der Waals surface area contributed by atoms with E-state index in [4.69, 9.17) is 0 Å². The third-order valence-corrected chi connectivity index (χ3v) is 4.77. The number of aliphatic hydroxyl groups is 1. The fraction of sp³-hybridized carbons (Fsp3) is 0.750. The Morgan fingerprint density at radius 3 is 2.75 bits per heavy atom. The van der Waals surface area contributed by atoms with E-state index in [-0.39, 0.29) is 0 Å². The number of hydrogen-bond donors (Lipinski definition) is 1. The second kappa shape index (κ2) is 6.41. The molecule has 0 aromatic carbocycles. The minimum Gasteiger partial charge on any atom is -0.385 e. The molecule has 4 heteroatoms. The highest BCUT2D eigenvalue weighted by Gasteiger charge is 2.43. The molecule has 0 saturated heterocycles. The highest BCUT2D eigenvalue weighted by molar-refractivity contribution is 5.16. The first kappa shape index (κ1) is 15.1. The maximum atomic E-state index is 10.7. The van der Waals surface area contributed by atoms with E-state index in [0.717, 1.165) is 43.8 Å². The van der Waals surface area contributed by atoms with Crippen molar-refractivity contribution >= 4 is 0 Å². The van der Waals surface area contributed by atoms with Crippen molar-refractivity contribution < 1.29 is 5.11 Å². The van der Waals surface area contributed by atoms with Gasteiger partial charge in [-0.25, -0.2) is 0 Å². The number of aryl methyl sites for hydroxylation is 1. The summed E-state index contributed by atoms with van der Waals surface area (Å²) in [6, 6.07) is 4.27. The van der Waals surface area contributed by atoms with Crippen LogP contribution < -0.4 is 0 Å². The number of aromatic nitrogens is 2. The molecule has 1 atom stereocenters. The van der Waals surface area contributed by atoms with Gasteiger partial charge in [-0.3, -0.25) is 4.68 Å².